The van der Waals surface area contributed by atoms with Crippen LogP contribution in [0.15, 0.2) is 18.3 Å². The Morgan fingerprint density at radius 3 is 2.57 bits per heavy atom. The first kappa shape index (κ1) is 14.0. The molecule has 112 valence electrons. The van der Waals surface area contributed by atoms with Crippen molar-refractivity contribution in [2.24, 2.45) is 5.92 Å². The van der Waals surface area contributed by atoms with Gasteiger partial charge in [0, 0.05) is 42.9 Å². The fraction of sp³-hybridized carbons (Fsp3) is 0.533. The summed E-state index contributed by atoms with van der Waals surface area (Å²) < 4.78 is 13.1. The third-order valence-corrected chi connectivity index (χ3v) is 4.05. The Kier molecular flexibility index (Phi) is 3.86. The largest absolute Gasteiger partial charge is 0.353 e. The minimum atomic E-state index is -0.646. The number of carbonyl (C=O) groups is 2. The van der Waals surface area contributed by atoms with Gasteiger partial charge in [0.1, 0.15) is 0 Å². The highest BCUT2D eigenvalue weighted by molar-refractivity contribution is 5.94. The van der Waals surface area contributed by atoms with Gasteiger partial charge >= 0.3 is 0 Å². The average Bonchev–Trinajstić information content (AvgIpc) is 3.32. The Hall–Kier alpha value is -1.98. The van der Waals surface area contributed by atoms with Crippen LogP contribution in [0.4, 0.5) is 4.39 Å². The molecular formula is C15H18FN3O2. The van der Waals surface area contributed by atoms with E-state index in [4.69, 9.17) is 0 Å². The molecule has 6 heteroatoms. The van der Waals surface area contributed by atoms with Gasteiger partial charge in [0.15, 0.2) is 0 Å². The van der Waals surface area contributed by atoms with Crippen molar-refractivity contribution in [1.29, 1.82) is 0 Å². The van der Waals surface area contributed by atoms with E-state index in [0.717, 1.165) is 31.7 Å². The molecule has 21 heavy (non-hydrogen) atoms. The van der Waals surface area contributed by atoms with Gasteiger partial charge in [-0.15, -0.1) is 0 Å². The van der Waals surface area contributed by atoms with Gasteiger partial charge in [0.25, 0.3) is 5.91 Å². The molecule has 2 heterocycles. The number of nitrogens with zero attached hydrogens (tertiary/aromatic N) is 2. The number of halogens is 1. The first-order valence-corrected chi connectivity index (χ1v) is 7.34. The maximum atomic E-state index is 13.1. The number of nitrogens with one attached hydrogen (secondary N) is 1. The van der Waals surface area contributed by atoms with Crippen molar-refractivity contribution in [1.82, 2.24) is 15.2 Å². The SMILES string of the molecule is O=C(NC1CCN(C(=O)c2ccnc(F)c2)CC1)C1CC1. The molecule has 3 rings (SSSR count). The number of aromatic nitrogens is 1. The second kappa shape index (κ2) is 5.79. The predicted molar refractivity (Wildman–Crippen MR) is 74.0 cm³/mol. The molecule has 0 aromatic carbocycles. The van der Waals surface area contributed by atoms with Crippen LogP contribution in [0.2, 0.25) is 0 Å². The van der Waals surface area contributed by atoms with Crippen LogP contribution in [0.3, 0.4) is 0 Å². The quantitative estimate of drug-likeness (QED) is 0.855. The Balaban J connectivity index is 1.53. The van der Waals surface area contributed by atoms with Gasteiger partial charge in [0.05, 0.1) is 0 Å². The first-order valence-electron chi connectivity index (χ1n) is 7.34. The summed E-state index contributed by atoms with van der Waals surface area (Å²) in [5, 5.41) is 3.04. The highest BCUT2D eigenvalue weighted by atomic mass is 19.1. The number of pyridine rings is 1. The van der Waals surface area contributed by atoms with Crippen molar-refractivity contribution in [3.05, 3.63) is 29.8 Å². The summed E-state index contributed by atoms with van der Waals surface area (Å²) in [5.74, 6) is -0.462. The van der Waals surface area contributed by atoms with Crippen LogP contribution in [-0.4, -0.2) is 40.8 Å². The van der Waals surface area contributed by atoms with Crippen LogP contribution in [0.1, 0.15) is 36.0 Å². The molecule has 0 spiro atoms. The monoisotopic (exact) mass is 291 g/mol. The van der Waals surface area contributed by atoms with Crippen molar-refractivity contribution in [3.63, 3.8) is 0 Å². The van der Waals surface area contributed by atoms with E-state index in [9.17, 15) is 14.0 Å². The second-order valence-electron chi connectivity index (χ2n) is 5.72. The van der Waals surface area contributed by atoms with Crippen molar-refractivity contribution in [3.8, 4) is 0 Å². The number of rotatable bonds is 3. The van der Waals surface area contributed by atoms with Crippen molar-refractivity contribution in [2.45, 2.75) is 31.7 Å². The molecule has 1 aliphatic carbocycles. The smallest absolute Gasteiger partial charge is 0.254 e. The molecule has 1 aliphatic heterocycles. The molecule has 1 aromatic heterocycles. The standard InChI is InChI=1S/C15H18FN3O2/c16-13-9-11(3-6-17-13)15(21)19-7-4-12(5-8-19)18-14(20)10-1-2-10/h3,6,9-10,12H,1-2,4-5,7-8H2,(H,18,20). The molecule has 0 bridgehead atoms. The van der Waals surface area contributed by atoms with Crippen LogP contribution in [-0.2, 0) is 4.79 Å². The van der Waals surface area contributed by atoms with Crippen molar-refractivity contribution in [2.75, 3.05) is 13.1 Å². The highest BCUT2D eigenvalue weighted by Crippen LogP contribution is 2.29. The molecule has 2 amide bonds. The molecule has 1 aromatic rings. The lowest BCUT2D eigenvalue weighted by molar-refractivity contribution is -0.123. The van der Waals surface area contributed by atoms with Gasteiger partial charge in [-0.2, -0.15) is 4.39 Å². The Morgan fingerprint density at radius 1 is 1.24 bits per heavy atom. The summed E-state index contributed by atoms with van der Waals surface area (Å²) in [6.45, 7) is 1.16. The summed E-state index contributed by atoms with van der Waals surface area (Å²) in [6, 6.07) is 2.83. The lowest BCUT2D eigenvalue weighted by atomic mass is 10.0. The van der Waals surface area contributed by atoms with Gasteiger partial charge in [-0.25, -0.2) is 4.98 Å². The zero-order valence-corrected chi connectivity index (χ0v) is 11.7. The summed E-state index contributed by atoms with van der Waals surface area (Å²) in [5.41, 5.74) is 0.322. The van der Waals surface area contributed by atoms with Crippen molar-refractivity contribution >= 4 is 11.8 Å². The normalized spacial score (nSPS) is 19.4. The van der Waals surface area contributed by atoms with Gasteiger partial charge in [0.2, 0.25) is 11.9 Å². The minimum Gasteiger partial charge on any atom is -0.353 e. The molecule has 1 N–H and O–H groups in total. The molecule has 0 radical (unpaired) electrons. The Labute approximate surface area is 122 Å². The van der Waals surface area contributed by atoms with E-state index in [1.807, 2.05) is 0 Å². The van der Waals surface area contributed by atoms with Crippen LogP contribution in [0.25, 0.3) is 0 Å². The molecule has 1 saturated heterocycles. The van der Waals surface area contributed by atoms with Crippen LogP contribution in [0.5, 0.6) is 0 Å². The topological polar surface area (TPSA) is 62.3 Å². The predicted octanol–water partition coefficient (Wildman–Crippen LogP) is 1.35. The number of carbonyl (C=O) groups excluding carboxylic acids is 2. The maximum absolute atomic E-state index is 13.1. The van der Waals surface area contributed by atoms with Gasteiger partial charge < -0.3 is 10.2 Å². The third kappa shape index (κ3) is 3.37. The molecule has 2 aliphatic rings. The van der Waals surface area contributed by atoms with Crippen LogP contribution < -0.4 is 5.32 Å². The summed E-state index contributed by atoms with van der Waals surface area (Å²) >= 11 is 0. The Bertz CT molecular complexity index is 552. The number of amides is 2. The van der Waals surface area contributed by atoms with E-state index in [1.165, 1.54) is 12.3 Å². The summed E-state index contributed by atoms with van der Waals surface area (Å²) in [4.78, 5) is 29.1. The molecular weight excluding hydrogens is 273 g/mol. The van der Waals surface area contributed by atoms with Gasteiger partial charge in [-0.05, 0) is 31.7 Å². The van der Waals surface area contributed by atoms with Crippen LogP contribution in [0, 0.1) is 11.9 Å². The lowest BCUT2D eigenvalue weighted by Gasteiger charge is -2.32. The van der Waals surface area contributed by atoms with E-state index in [0.29, 0.717) is 18.7 Å². The van der Waals surface area contributed by atoms with E-state index >= 15 is 0 Å². The number of hydrogen-bond acceptors (Lipinski definition) is 3. The molecule has 1 saturated carbocycles. The number of likely N-dealkylation sites (tertiary alicyclic amines) is 1. The van der Waals surface area contributed by atoms with E-state index in [2.05, 4.69) is 10.3 Å². The molecule has 0 atom stereocenters. The van der Waals surface area contributed by atoms with E-state index in [1.54, 1.807) is 4.90 Å². The number of hydrogen-bond donors (Lipinski definition) is 1. The molecule has 0 unspecified atom stereocenters. The van der Waals surface area contributed by atoms with Gasteiger partial charge in [-0.3, -0.25) is 9.59 Å². The fourth-order valence-electron chi connectivity index (χ4n) is 2.61. The summed E-state index contributed by atoms with van der Waals surface area (Å²) in [6.07, 6.45) is 4.79. The zero-order valence-electron chi connectivity index (χ0n) is 11.7. The average molecular weight is 291 g/mol. The third-order valence-electron chi connectivity index (χ3n) is 4.05. The lowest BCUT2D eigenvalue weighted by Crippen LogP contribution is -2.46. The highest BCUT2D eigenvalue weighted by Gasteiger charge is 2.32. The fourth-order valence-corrected chi connectivity index (χ4v) is 2.61. The van der Waals surface area contributed by atoms with Gasteiger partial charge in [-0.1, -0.05) is 0 Å². The molecule has 2 fully saturated rings. The Morgan fingerprint density at radius 2 is 1.95 bits per heavy atom. The number of piperidine rings is 1. The zero-order chi connectivity index (χ0) is 14.8. The van der Waals surface area contributed by atoms with Crippen molar-refractivity contribution < 1.29 is 14.0 Å². The minimum absolute atomic E-state index is 0.149. The van der Waals surface area contributed by atoms with E-state index < -0.39 is 5.95 Å². The maximum Gasteiger partial charge on any atom is 0.254 e. The van der Waals surface area contributed by atoms with Crippen LogP contribution >= 0.6 is 0 Å². The summed E-state index contributed by atoms with van der Waals surface area (Å²) in [7, 11) is 0. The van der Waals surface area contributed by atoms with E-state index in [-0.39, 0.29) is 23.8 Å². The molecule has 5 nitrogen and oxygen atoms in total. The first-order chi connectivity index (χ1) is 10.1. The second-order valence-corrected chi connectivity index (χ2v) is 5.72.